The Bertz CT molecular complexity index is 831. The second-order valence-electron chi connectivity index (χ2n) is 7.22. The number of ketones is 1. The van der Waals surface area contributed by atoms with Gasteiger partial charge < -0.3 is 4.74 Å². The summed E-state index contributed by atoms with van der Waals surface area (Å²) in [5.74, 6) is 1.50. The Morgan fingerprint density at radius 3 is 2.08 bits per heavy atom. The third kappa shape index (κ3) is 2.07. The van der Waals surface area contributed by atoms with E-state index in [4.69, 9.17) is 4.74 Å². The number of benzene rings is 2. The molecule has 0 radical (unpaired) electrons. The Hall–Kier alpha value is -2.61. The van der Waals surface area contributed by atoms with Crippen LogP contribution >= 0.6 is 0 Å². The Morgan fingerprint density at radius 1 is 0.880 bits per heavy atom. The van der Waals surface area contributed by atoms with Gasteiger partial charge in [-0.05, 0) is 30.0 Å². The average Bonchev–Trinajstić information content (AvgIpc) is 3.36. The number of carbonyl (C=O) groups is 1. The number of allylic oxidation sites excluding steroid dienone is 3. The molecular weight excluding hydrogens is 308 g/mol. The summed E-state index contributed by atoms with van der Waals surface area (Å²) < 4.78 is 6.11. The molecule has 1 heterocycles. The number of Topliss-reactive ketones (excluding diaryl/α,β-unsaturated/α-hetero) is 1. The Morgan fingerprint density at radius 2 is 1.48 bits per heavy atom. The summed E-state index contributed by atoms with van der Waals surface area (Å²) in [6, 6.07) is 20.9. The van der Waals surface area contributed by atoms with E-state index in [-0.39, 0.29) is 11.8 Å². The third-order valence-corrected chi connectivity index (χ3v) is 5.94. The summed E-state index contributed by atoms with van der Waals surface area (Å²) in [6.45, 7) is 0.480. The Balaban J connectivity index is 1.62. The zero-order chi connectivity index (χ0) is 16.9. The first-order valence-electron chi connectivity index (χ1n) is 8.99. The van der Waals surface area contributed by atoms with Crippen molar-refractivity contribution in [2.45, 2.75) is 24.7 Å². The first kappa shape index (κ1) is 14.7. The highest BCUT2D eigenvalue weighted by molar-refractivity contribution is 6.06. The topological polar surface area (TPSA) is 26.3 Å². The standard InChI is InChI=1S/C23H20O2/c24-22-18-13-7-8-14-19(18)25-15-23(22)20(16-9-3-1-4-10-16)21(23)17-11-5-2-6-12-17/h1-6,8-12,14,20-21H,7,13,15H2/t20-,21+,23?. The lowest BCUT2D eigenvalue weighted by atomic mass is 9.83. The highest BCUT2D eigenvalue weighted by Gasteiger charge is 2.71. The first-order chi connectivity index (χ1) is 12.3. The number of carbonyl (C=O) groups excluding carboxylic acids is 1. The van der Waals surface area contributed by atoms with Crippen molar-refractivity contribution >= 4 is 5.78 Å². The van der Waals surface area contributed by atoms with Gasteiger partial charge in [0.05, 0.1) is 5.41 Å². The molecule has 2 aliphatic carbocycles. The highest BCUT2D eigenvalue weighted by Crippen LogP contribution is 2.72. The number of hydrogen-bond donors (Lipinski definition) is 0. The molecule has 2 aromatic rings. The van der Waals surface area contributed by atoms with Crippen LogP contribution in [0.1, 0.15) is 35.8 Å². The molecule has 1 fully saturated rings. The number of rotatable bonds is 2. The maximum Gasteiger partial charge on any atom is 0.173 e. The Kier molecular flexibility index (Phi) is 3.21. The van der Waals surface area contributed by atoms with Crippen molar-refractivity contribution in [1.82, 2.24) is 0 Å². The zero-order valence-electron chi connectivity index (χ0n) is 14.0. The van der Waals surface area contributed by atoms with E-state index < -0.39 is 5.41 Å². The largest absolute Gasteiger partial charge is 0.492 e. The maximum atomic E-state index is 13.5. The molecule has 1 saturated carbocycles. The van der Waals surface area contributed by atoms with Crippen molar-refractivity contribution in [3.8, 4) is 0 Å². The molecule has 2 aromatic carbocycles. The van der Waals surface area contributed by atoms with Crippen LogP contribution in [0, 0.1) is 5.41 Å². The van der Waals surface area contributed by atoms with Crippen molar-refractivity contribution in [2.24, 2.45) is 5.41 Å². The van der Waals surface area contributed by atoms with Gasteiger partial charge in [-0.1, -0.05) is 66.7 Å². The van der Waals surface area contributed by atoms with E-state index in [1.54, 1.807) is 0 Å². The van der Waals surface area contributed by atoms with E-state index in [2.05, 4.69) is 54.6 Å². The van der Waals surface area contributed by atoms with Gasteiger partial charge in [0, 0.05) is 17.4 Å². The molecule has 1 aliphatic heterocycles. The molecule has 3 aliphatic rings. The predicted molar refractivity (Wildman–Crippen MR) is 97.2 cm³/mol. The second-order valence-corrected chi connectivity index (χ2v) is 7.22. The molecule has 0 aromatic heterocycles. The van der Waals surface area contributed by atoms with Crippen LogP contribution in [0.15, 0.2) is 84.1 Å². The minimum atomic E-state index is -0.438. The fraction of sp³-hybridized carbons (Fsp3) is 0.261. The van der Waals surface area contributed by atoms with Crippen LogP contribution in [0.4, 0.5) is 0 Å². The van der Waals surface area contributed by atoms with Crippen LogP contribution in [0.3, 0.4) is 0 Å². The van der Waals surface area contributed by atoms with Gasteiger partial charge in [0.1, 0.15) is 12.4 Å². The minimum absolute atomic E-state index is 0.198. The van der Waals surface area contributed by atoms with Crippen molar-refractivity contribution in [2.75, 3.05) is 6.61 Å². The summed E-state index contributed by atoms with van der Waals surface area (Å²) in [7, 11) is 0. The molecule has 1 unspecified atom stereocenters. The van der Waals surface area contributed by atoms with Gasteiger partial charge in [-0.2, -0.15) is 0 Å². The van der Waals surface area contributed by atoms with E-state index in [1.807, 2.05) is 18.2 Å². The second kappa shape index (κ2) is 5.45. The molecule has 2 heteroatoms. The molecular formula is C23H20O2. The third-order valence-electron chi connectivity index (χ3n) is 5.94. The van der Waals surface area contributed by atoms with Crippen LogP contribution in [0.25, 0.3) is 0 Å². The average molecular weight is 328 g/mol. The fourth-order valence-corrected chi connectivity index (χ4v) is 4.75. The summed E-state index contributed by atoms with van der Waals surface area (Å²) >= 11 is 0. The van der Waals surface area contributed by atoms with Gasteiger partial charge >= 0.3 is 0 Å². The van der Waals surface area contributed by atoms with E-state index >= 15 is 0 Å². The molecule has 5 rings (SSSR count). The predicted octanol–water partition coefficient (Wildman–Crippen LogP) is 4.76. The van der Waals surface area contributed by atoms with E-state index in [0.29, 0.717) is 12.4 Å². The van der Waals surface area contributed by atoms with Crippen molar-refractivity contribution in [1.29, 1.82) is 0 Å². The lowest BCUT2D eigenvalue weighted by Gasteiger charge is -2.29. The first-order valence-corrected chi connectivity index (χ1v) is 8.99. The SMILES string of the molecule is O=C1C2=C(C=CCC2)OCC12[C@H](c1ccccc1)[C@@H]2c1ccccc1. The van der Waals surface area contributed by atoms with Crippen LogP contribution in [-0.4, -0.2) is 12.4 Å². The molecule has 3 atom stereocenters. The zero-order valence-corrected chi connectivity index (χ0v) is 14.0. The van der Waals surface area contributed by atoms with Crippen LogP contribution in [-0.2, 0) is 9.53 Å². The summed E-state index contributed by atoms with van der Waals surface area (Å²) in [5.41, 5.74) is 2.94. The van der Waals surface area contributed by atoms with Crippen LogP contribution in [0.5, 0.6) is 0 Å². The monoisotopic (exact) mass is 328 g/mol. The van der Waals surface area contributed by atoms with E-state index in [0.717, 1.165) is 24.2 Å². The number of hydrogen-bond acceptors (Lipinski definition) is 2. The molecule has 2 nitrogen and oxygen atoms in total. The maximum absolute atomic E-state index is 13.5. The van der Waals surface area contributed by atoms with Gasteiger partial charge in [-0.15, -0.1) is 0 Å². The molecule has 124 valence electrons. The molecule has 0 amide bonds. The minimum Gasteiger partial charge on any atom is -0.492 e. The highest BCUT2D eigenvalue weighted by atomic mass is 16.5. The fourth-order valence-electron chi connectivity index (χ4n) is 4.75. The molecule has 25 heavy (non-hydrogen) atoms. The van der Waals surface area contributed by atoms with E-state index in [9.17, 15) is 4.79 Å². The Labute approximate surface area is 147 Å². The van der Waals surface area contributed by atoms with Gasteiger partial charge in [-0.25, -0.2) is 0 Å². The van der Waals surface area contributed by atoms with Crippen molar-refractivity contribution in [3.63, 3.8) is 0 Å². The lowest BCUT2D eigenvalue weighted by Crippen LogP contribution is -2.32. The smallest absolute Gasteiger partial charge is 0.173 e. The summed E-state index contributed by atoms with van der Waals surface area (Å²) in [4.78, 5) is 13.5. The van der Waals surface area contributed by atoms with Crippen molar-refractivity contribution in [3.05, 3.63) is 95.3 Å². The van der Waals surface area contributed by atoms with Crippen LogP contribution < -0.4 is 0 Å². The molecule has 0 bridgehead atoms. The summed E-state index contributed by atoms with van der Waals surface area (Å²) in [6.07, 6.45) is 5.80. The summed E-state index contributed by atoms with van der Waals surface area (Å²) in [5, 5.41) is 0. The van der Waals surface area contributed by atoms with E-state index in [1.165, 1.54) is 11.1 Å². The van der Waals surface area contributed by atoms with Crippen molar-refractivity contribution < 1.29 is 9.53 Å². The van der Waals surface area contributed by atoms with Gasteiger partial charge in [0.2, 0.25) is 0 Å². The van der Waals surface area contributed by atoms with Gasteiger partial charge in [0.25, 0.3) is 0 Å². The van der Waals surface area contributed by atoms with Gasteiger partial charge in [0.15, 0.2) is 5.78 Å². The van der Waals surface area contributed by atoms with Gasteiger partial charge in [-0.3, -0.25) is 4.79 Å². The molecule has 0 saturated heterocycles. The lowest BCUT2D eigenvalue weighted by molar-refractivity contribution is -0.124. The quantitative estimate of drug-likeness (QED) is 0.794. The van der Waals surface area contributed by atoms with Crippen LogP contribution in [0.2, 0.25) is 0 Å². The molecule has 0 N–H and O–H groups in total. The normalized spacial score (nSPS) is 30.2. The molecule has 1 spiro atoms. The number of ether oxygens (including phenoxy) is 1.